The van der Waals surface area contributed by atoms with E-state index < -0.39 is 12.6 Å². The number of hydrogen-bond acceptors (Lipinski definition) is 4. The van der Waals surface area contributed by atoms with E-state index >= 15 is 0 Å². The van der Waals surface area contributed by atoms with Crippen molar-refractivity contribution in [2.45, 2.75) is 18.9 Å². The Morgan fingerprint density at radius 2 is 2.21 bits per heavy atom. The van der Waals surface area contributed by atoms with Crippen molar-refractivity contribution in [3.63, 3.8) is 0 Å². The summed E-state index contributed by atoms with van der Waals surface area (Å²) in [5, 5.41) is 9.32. The van der Waals surface area contributed by atoms with Crippen LogP contribution in [0.25, 0.3) is 0 Å². The fourth-order valence-corrected chi connectivity index (χ4v) is 1.75. The first kappa shape index (κ1) is 15.4. The molecule has 1 aromatic carbocycles. The quantitative estimate of drug-likeness (QED) is 0.613. The minimum absolute atomic E-state index is 0.0862. The Balaban J connectivity index is 3.35. The summed E-state index contributed by atoms with van der Waals surface area (Å²) in [4.78, 5) is 11.7. The minimum Gasteiger partial charge on any atom is -0.462 e. The lowest BCUT2D eigenvalue weighted by Crippen LogP contribution is -2.11. The normalized spacial score (nSPS) is 10.1. The molecule has 0 saturated carbocycles. The summed E-state index contributed by atoms with van der Waals surface area (Å²) >= 11 is 3.15. The second kappa shape index (κ2) is 7.04. The highest BCUT2D eigenvalue weighted by Gasteiger charge is 2.20. The molecular formula is C12H10BrF2NO3. The van der Waals surface area contributed by atoms with Crippen LogP contribution < -0.4 is 4.74 Å². The number of alkyl halides is 3. The summed E-state index contributed by atoms with van der Waals surface area (Å²) in [7, 11) is 0. The Morgan fingerprint density at radius 1 is 1.53 bits per heavy atom. The number of nitrogens with zero attached hydrogens (tertiary/aromatic N) is 1. The Bertz CT molecular complexity index is 514. The van der Waals surface area contributed by atoms with Crippen molar-refractivity contribution >= 4 is 21.9 Å². The number of nitriles is 1. The van der Waals surface area contributed by atoms with Crippen LogP contribution in [0, 0.1) is 11.3 Å². The van der Waals surface area contributed by atoms with Crippen LogP contribution in [-0.4, -0.2) is 19.2 Å². The van der Waals surface area contributed by atoms with Crippen LogP contribution in [0.2, 0.25) is 0 Å². The fraction of sp³-hybridized carbons (Fsp3) is 0.333. The molecule has 0 bridgehead atoms. The predicted octanol–water partition coefficient (Wildman–Crippen LogP) is 3.23. The smallest absolute Gasteiger partial charge is 0.387 e. The van der Waals surface area contributed by atoms with Crippen molar-refractivity contribution in [1.82, 2.24) is 0 Å². The number of esters is 1. The fourth-order valence-electron chi connectivity index (χ4n) is 1.42. The van der Waals surface area contributed by atoms with Gasteiger partial charge in [-0.2, -0.15) is 14.0 Å². The molecule has 7 heteroatoms. The zero-order valence-electron chi connectivity index (χ0n) is 9.95. The van der Waals surface area contributed by atoms with Crippen LogP contribution in [0.1, 0.15) is 28.4 Å². The minimum atomic E-state index is -3.08. The number of halogens is 3. The van der Waals surface area contributed by atoms with Crippen LogP contribution in [0.15, 0.2) is 12.1 Å². The van der Waals surface area contributed by atoms with E-state index in [0.29, 0.717) is 10.9 Å². The molecule has 1 aromatic rings. The van der Waals surface area contributed by atoms with E-state index in [0.717, 1.165) is 0 Å². The Kier molecular flexibility index (Phi) is 5.70. The Morgan fingerprint density at radius 3 is 2.68 bits per heavy atom. The highest BCUT2D eigenvalue weighted by Crippen LogP contribution is 2.27. The molecule has 102 valence electrons. The van der Waals surface area contributed by atoms with Crippen molar-refractivity contribution in [1.29, 1.82) is 5.26 Å². The van der Waals surface area contributed by atoms with E-state index in [-0.39, 0.29) is 23.5 Å². The van der Waals surface area contributed by atoms with Gasteiger partial charge >= 0.3 is 12.6 Å². The van der Waals surface area contributed by atoms with Gasteiger partial charge in [0.25, 0.3) is 0 Å². The van der Waals surface area contributed by atoms with Crippen molar-refractivity contribution in [2.24, 2.45) is 0 Å². The predicted molar refractivity (Wildman–Crippen MR) is 66.4 cm³/mol. The first-order valence-corrected chi connectivity index (χ1v) is 6.40. The average molecular weight is 334 g/mol. The average Bonchev–Trinajstić information content (AvgIpc) is 2.37. The van der Waals surface area contributed by atoms with Crippen molar-refractivity contribution in [2.75, 3.05) is 6.61 Å². The second-order valence-electron chi connectivity index (χ2n) is 3.36. The Labute approximate surface area is 117 Å². The van der Waals surface area contributed by atoms with Gasteiger partial charge in [-0.3, -0.25) is 0 Å². The van der Waals surface area contributed by atoms with Crippen LogP contribution in [0.5, 0.6) is 5.75 Å². The summed E-state index contributed by atoms with van der Waals surface area (Å²) in [6, 6.07) is 4.37. The zero-order chi connectivity index (χ0) is 14.4. The molecule has 0 saturated heterocycles. The molecular weight excluding hydrogens is 324 g/mol. The van der Waals surface area contributed by atoms with Crippen LogP contribution in [-0.2, 0) is 10.1 Å². The van der Waals surface area contributed by atoms with Gasteiger partial charge in [-0.1, -0.05) is 15.9 Å². The van der Waals surface area contributed by atoms with Gasteiger partial charge in [-0.25, -0.2) is 4.79 Å². The van der Waals surface area contributed by atoms with Gasteiger partial charge in [-0.15, -0.1) is 0 Å². The first-order valence-electron chi connectivity index (χ1n) is 5.28. The molecule has 0 amide bonds. The van der Waals surface area contributed by atoms with Gasteiger partial charge in [0.05, 0.1) is 12.2 Å². The molecule has 0 aliphatic rings. The summed E-state index contributed by atoms with van der Waals surface area (Å²) in [6.07, 6.45) is 0. The molecule has 0 aromatic heterocycles. The number of carbonyl (C=O) groups is 1. The van der Waals surface area contributed by atoms with E-state index in [2.05, 4.69) is 20.7 Å². The third-order valence-corrected chi connectivity index (χ3v) is 2.79. The maximum Gasteiger partial charge on any atom is 0.387 e. The maximum atomic E-state index is 12.3. The van der Waals surface area contributed by atoms with Crippen LogP contribution in [0.4, 0.5) is 8.78 Å². The molecule has 4 nitrogen and oxygen atoms in total. The van der Waals surface area contributed by atoms with Crippen LogP contribution in [0.3, 0.4) is 0 Å². The number of rotatable bonds is 5. The molecule has 0 radical (unpaired) electrons. The van der Waals surface area contributed by atoms with Gasteiger partial charge in [-0.05, 0) is 24.6 Å². The number of benzene rings is 1. The third-order valence-electron chi connectivity index (χ3n) is 2.14. The molecule has 0 fully saturated rings. The topological polar surface area (TPSA) is 59.3 Å². The molecule has 0 atom stereocenters. The third kappa shape index (κ3) is 3.89. The van der Waals surface area contributed by atoms with Gasteiger partial charge in [0.1, 0.15) is 17.4 Å². The van der Waals surface area contributed by atoms with Gasteiger partial charge in [0, 0.05) is 5.33 Å². The summed E-state index contributed by atoms with van der Waals surface area (Å²) in [5.74, 6) is -1.08. The molecule has 0 spiro atoms. The lowest BCUT2D eigenvalue weighted by molar-refractivity contribution is -0.0501. The largest absolute Gasteiger partial charge is 0.462 e. The molecule has 19 heavy (non-hydrogen) atoms. The standard InChI is InChI=1S/C12H10BrF2NO3/c1-2-18-11(17)8-3-7(5-13)4-10(9(8)6-16)19-12(14)15/h3-4,12H,2,5H2,1H3. The van der Waals surface area contributed by atoms with Gasteiger partial charge < -0.3 is 9.47 Å². The molecule has 0 N–H and O–H groups in total. The molecule has 0 heterocycles. The molecule has 0 aliphatic heterocycles. The van der Waals surface area contributed by atoms with E-state index in [1.54, 1.807) is 13.0 Å². The molecule has 0 aliphatic carbocycles. The number of ether oxygens (including phenoxy) is 2. The maximum absolute atomic E-state index is 12.3. The highest BCUT2D eigenvalue weighted by atomic mass is 79.9. The lowest BCUT2D eigenvalue weighted by Gasteiger charge is -2.11. The molecule has 0 unspecified atom stereocenters. The summed E-state index contributed by atoms with van der Waals surface area (Å²) in [6.45, 7) is -1.35. The SMILES string of the molecule is CCOC(=O)c1cc(CBr)cc(OC(F)F)c1C#N. The van der Waals surface area contributed by atoms with E-state index in [4.69, 9.17) is 10.00 Å². The summed E-state index contributed by atoms with van der Waals surface area (Å²) in [5.41, 5.74) is 0.179. The van der Waals surface area contributed by atoms with Gasteiger partial charge in [0.2, 0.25) is 0 Å². The van der Waals surface area contributed by atoms with E-state index in [1.165, 1.54) is 12.1 Å². The van der Waals surface area contributed by atoms with Crippen molar-refractivity contribution in [3.05, 3.63) is 28.8 Å². The molecule has 1 rings (SSSR count). The van der Waals surface area contributed by atoms with Crippen LogP contribution >= 0.6 is 15.9 Å². The zero-order valence-corrected chi connectivity index (χ0v) is 11.5. The monoisotopic (exact) mass is 333 g/mol. The number of carbonyl (C=O) groups excluding carboxylic acids is 1. The Hall–Kier alpha value is -1.68. The van der Waals surface area contributed by atoms with Crippen molar-refractivity contribution in [3.8, 4) is 11.8 Å². The van der Waals surface area contributed by atoms with E-state index in [9.17, 15) is 13.6 Å². The highest BCUT2D eigenvalue weighted by molar-refractivity contribution is 9.08. The summed E-state index contributed by atoms with van der Waals surface area (Å²) < 4.78 is 33.6. The van der Waals surface area contributed by atoms with Gasteiger partial charge in [0.15, 0.2) is 0 Å². The first-order chi connectivity index (χ1) is 9.03. The second-order valence-corrected chi connectivity index (χ2v) is 3.92. The van der Waals surface area contributed by atoms with E-state index in [1.807, 2.05) is 0 Å². The van der Waals surface area contributed by atoms with Crippen molar-refractivity contribution < 1.29 is 23.0 Å². The number of hydrogen-bond donors (Lipinski definition) is 0. The lowest BCUT2D eigenvalue weighted by atomic mass is 10.0.